The predicted octanol–water partition coefficient (Wildman–Crippen LogP) is 1.87. The van der Waals surface area contributed by atoms with Crippen molar-refractivity contribution in [3.63, 3.8) is 0 Å². The van der Waals surface area contributed by atoms with Gasteiger partial charge in [-0.25, -0.2) is 0 Å². The molecule has 1 aromatic carbocycles. The summed E-state index contributed by atoms with van der Waals surface area (Å²) in [4.78, 5) is 0. The van der Waals surface area contributed by atoms with Crippen LogP contribution in [0.15, 0.2) is 18.2 Å². The monoisotopic (exact) mass is 279 g/mol. The minimum absolute atomic E-state index is 0.210. The second-order valence-corrected chi connectivity index (χ2v) is 5.18. The van der Waals surface area contributed by atoms with Gasteiger partial charge in [-0.15, -0.1) is 0 Å². The Bertz CT molecular complexity index is 471. The van der Waals surface area contributed by atoms with Crippen LogP contribution < -0.4 is 14.8 Å². The molecule has 2 fully saturated rings. The van der Waals surface area contributed by atoms with E-state index in [1.54, 1.807) is 14.2 Å². The first-order valence-electron chi connectivity index (χ1n) is 6.99. The van der Waals surface area contributed by atoms with Crippen molar-refractivity contribution >= 4 is 0 Å². The third-order valence-corrected chi connectivity index (χ3v) is 4.04. The van der Waals surface area contributed by atoms with Crippen molar-refractivity contribution in [3.8, 4) is 11.5 Å². The fourth-order valence-electron chi connectivity index (χ4n) is 2.99. The highest BCUT2D eigenvalue weighted by Gasteiger charge is 2.41. The SMILES string of the molecule is COc1ccc(C2CC3(CCN2)OCCO3)cc1OC. The van der Waals surface area contributed by atoms with Crippen molar-refractivity contribution < 1.29 is 18.9 Å². The average Bonchev–Trinajstić information content (AvgIpc) is 2.94. The maximum absolute atomic E-state index is 5.82. The Balaban J connectivity index is 1.81. The Kier molecular flexibility index (Phi) is 3.83. The second kappa shape index (κ2) is 5.60. The van der Waals surface area contributed by atoms with Gasteiger partial charge in [-0.3, -0.25) is 0 Å². The molecule has 0 aromatic heterocycles. The Labute approximate surface area is 119 Å². The van der Waals surface area contributed by atoms with E-state index in [9.17, 15) is 0 Å². The van der Waals surface area contributed by atoms with E-state index in [2.05, 4.69) is 11.4 Å². The summed E-state index contributed by atoms with van der Waals surface area (Å²) >= 11 is 0. The lowest BCUT2D eigenvalue weighted by atomic mass is 9.92. The van der Waals surface area contributed by atoms with Crippen LogP contribution in [0.1, 0.15) is 24.4 Å². The highest BCUT2D eigenvalue weighted by atomic mass is 16.7. The van der Waals surface area contributed by atoms with Gasteiger partial charge in [0, 0.05) is 25.4 Å². The van der Waals surface area contributed by atoms with Crippen molar-refractivity contribution in [3.05, 3.63) is 23.8 Å². The molecule has 20 heavy (non-hydrogen) atoms. The average molecular weight is 279 g/mol. The molecule has 1 spiro atoms. The molecule has 1 N–H and O–H groups in total. The number of rotatable bonds is 3. The molecule has 5 heteroatoms. The van der Waals surface area contributed by atoms with E-state index in [1.807, 2.05) is 12.1 Å². The fourth-order valence-corrected chi connectivity index (χ4v) is 2.99. The van der Waals surface area contributed by atoms with Gasteiger partial charge in [-0.05, 0) is 17.7 Å². The van der Waals surface area contributed by atoms with Crippen LogP contribution in [0.5, 0.6) is 11.5 Å². The van der Waals surface area contributed by atoms with Crippen LogP contribution in [0.25, 0.3) is 0 Å². The number of piperidine rings is 1. The van der Waals surface area contributed by atoms with Crippen molar-refractivity contribution in [1.29, 1.82) is 0 Å². The van der Waals surface area contributed by atoms with Crippen LogP contribution in [0.2, 0.25) is 0 Å². The predicted molar refractivity (Wildman–Crippen MR) is 74.2 cm³/mol. The molecule has 1 unspecified atom stereocenters. The molecule has 2 aliphatic rings. The molecule has 0 bridgehead atoms. The lowest BCUT2D eigenvalue weighted by molar-refractivity contribution is -0.180. The smallest absolute Gasteiger partial charge is 0.171 e. The third-order valence-electron chi connectivity index (χ3n) is 4.04. The van der Waals surface area contributed by atoms with Gasteiger partial charge >= 0.3 is 0 Å². The van der Waals surface area contributed by atoms with E-state index < -0.39 is 5.79 Å². The first kappa shape index (κ1) is 13.7. The number of ether oxygens (including phenoxy) is 4. The van der Waals surface area contributed by atoms with Crippen LogP contribution >= 0.6 is 0 Å². The van der Waals surface area contributed by atoms with Gasteiger partial charge in [0.25, 0.3) is 0 Å². The minimum atomic E-state index is -0.400. The van der Waals surface area contributed by atoms with Crippen LogP contribution in [-0.4, -0.2) is 39.8 Å². The minimum Gasteiger partial charge on any atom is -0.493 e. The van der Waals surface area contributed by atoms with E-state index in [-0.39, 0.29) is 6.04 Å². The molecule has 0 saturated carbocycles. The summed E-state index contributed by atoms with van der Waals surface area (Å²) in [5, 5.41) is 3.52. The van der Waals surface area contributed by atoms with E-state index >= 15 is 0 Å². The molecule has 2 heterocycles. The van der Waals surface area contributed by atoms with E-state index in [1.165, 1.54) is 5.56 Å². The zero-order valence-electron chi connectivity index (χ0n) is 12.0. The first-order valence-corrected chi connectivity index (χ1v) is 6.99. The van der Waals surface area contributed by atoms with E-state index in [0.717, 1.165) is 30.9 Å². The molecule has 0 aliphatic carbocycles. The van der Waals surface area contributed by atoms with Crippen LogP contribution in [-0.2, 0) is 9.47 Å². The van der Waals surface area contributed by atoms with Crippen molar-refractivity contribution in [1.82, 2.24) is 5.32 Å². The molecule has 1 atom stereocenters. The Hall–Kier alpha value is -1.30. The number of nitrogens with one attached hydrogen (secondary N) is 1. The van der Waals surface area contributed by atoms with Crippen molar-refractivity contribution in [2.24, 2.45) is 0 Å². The molecule has 0 radical (unpaired) electrons. The van der Waals surface area contributed by atoms with Gasteiger partial charge in [-0.2, -0.15) is 0 Å². The highest BCUT2D eigenvalue weighted by molar-refractivity contribution is 5.44. The van der Waals surface area contributed by atoms with Crippen LogP contribution in [0.4, 0.5) is 0 Å². The summed E-state index contributed by atoms with van der Waals surface area (Å²) in [6.07, 6.45) is 1.72. The molecule has 2 aliphatic heterocycles. The van der Waals surface area contributed by atoms with Gasteiger partial charge in [-0.1, -0.05) is 6.07 Å². The molecule has 1 aromatic rings. The highest BCUT2D eigenvalue weighted by Crippen LogP contribution is 2.38. The molecular weight excluding hydrogens is 258 g/mol. The summed E-state index contributed by atoms with van der Waals surface area (Å²) in [6.45, 7) is 2.27. The second-order valence-electron chi connectivity index (χ2n) is 5.18. The molecule has 0 amide bonds. The molecule has 110 valence electrons. The lowest BCUT2D eigenvalue weighted by Crippen LogP contribution is -2.44. The van der Waals surface area contributed by atoms with Crippen LogP contribution in [0.3, 0.4) is 0 Å². The Morgan fingerprint density at radius 1 is 1.15 bits per heavy atom. The van der Waals surface area contributed by atoms with E-state index in [4.69, 9.17) is 18.9 Å². The quantitative estimate of drug-likeness (QED) is 0.915. The Morgan fingerprint density at radius 2 is 1.90 bits per heavy atom. The molecule has 2 saturated heterocycles. The summed E-state index contributed by atoms with van der Waals surface area (Å²) in [6, 6.07) is 6.23. The number of methoxy groups -OCH3 is 2. The fraction of sp³-hybridized carbons (Fsp3) is 0.600. The lowest BCUT2D eigenvalue weighted by Gasteiger charge is -2.37. The molecule has 5 nitrogen and oxygen atoms in total. The van der Waals surface area contributed by atoms with Gasteiger partial charge in [0.15, 0.2) is 17.3 Å². The Morgan fingerprint density at radius 3 is 2.60 bits per heavy atom. The zero-order chi connectivity index (χ0) is 14.0. The number of hydrogen-bond acceptors (Lipinski definition) is 5. The van der Waals surface area contributed by atoms with E-state index in [0.29, 0.717) is 13.2 Å². The normalized spacial score (nSPS) is 24.8. The maximum Gasteiger partial charge on any atom is 0.171 e. The number of hydrogen-bond donors (Lipinski definition) is 1. The molecule has 3 rings (SSSR count). The standard InChI is InChI=1S/C15H21NO4/c1-17-13-4-3-11(9-14(13)18-2)12-10-15(5-6-16-12)19-7-8-20-15/h3-4,9,12,16H,5-8,10H2,1-2H3. The first-order chi connectivity index (χ1) is 9.76. The molecular formula is C15H21NO4. The largest absolute Gasteiger partial charge is 0.493 e. The topological polar surface area (TPSA) is 49.0 Å². The summed E-state index contributed by atoms with van der Waals surface area (Å²) in [5.74, 6) is 1.10. The van der Waals surface area contributed by atoms with Crippen molar-refractivity contribution in [2.75, 3.05) is 34.0 Å². The number of benzene rings is 1. The zero-order valence-corrected chi connectivity index (χ0v) is 12.0. The summed E-state index contributed by atoms with van der Waals surface area (Å²) < 4.78 is 22.3. The van der Waals surface area contributed by atoms with Gasteiger partial charge < -0.3 is 24.3 Å². The van der Waals surface area contributed by atoms with Gasteiger partial charge in [0.05, 0.1) is 27.4 Å². The van der Waals surface area contributed by atoms with Crippen molar-refractivity contribution in [2.45, 2.75) is 24.7 Å². The van der Waals surface area contributed by atoms with Gasteiger partial charge in [0.1, 0.15) is 0 Å². The summed E-state index contributed by atoms with van der Waals surface area (Å²) in [7, 11) is 3.30. The third kappa shape index (κ3) is 2.49. The summed E-state index contributed by atoms with van der Waals surface area (Å²) in [5.41, 5.74) is 1.17. The van der Waals surface area contributed by atoms with Crippen LogP contribution in [0, 0.1) is 0 Å². The van der Waals surface area contributed by atoms with Gasteiger partial charge in [0.2, 0.25) is 0 Å². The maximum atomic E-state index is 5.82.